The standard InChI is InChI=1S/C18H17ClN4O4S2/c1-20-8-9-29(26,27)11-6-7-14-15(10-11)28-18(21-14)23-17(25)22-16(24)12-4-2-3-5-13(12)19/h2-7,10,20H,8-9H2,1H3,(H2,21,22,23,24,25). The van der Waals surface area contributed by atoms with Gasteiger partial charge in [0, 0.05) is 6.54 Å². The molecule has 152 valence electrons. The lowest BCUT2D eigenvalue weighted by molar-refractivity contribution is 0.0967. The number of halogens is 1. The molecule has 11 heteroatoms. The summed E-state index contributed by atoms with van der Waals surface area (Å²) in [5.41, 5.74) is 0.709. The molecule has 0 aliphatic heterocycles. The number of imide groups is 1. The minimum absolute atomic E-state index is 0.0223. The number of fused-ring (bicyclic) bond motifs is 1. The molecule has 1 aromatic heterocycles. The highest BCUT2D eigenvalue weighted by Crippen LogP contribution is 2.28. The predicted molar refractivity (Wildman–Crippen MR) is 114 cm³/mol. The maximum atomic E-state index is 12.3. The van der Waals surface area contributed by atoms with Gasteiger partial charge >= 0.3 is 6.03 Å². The summed E-state index contributed by atoms with van der Waals surface area (Å²) in [6, 6.07) is 10.2. The second kappa shape index (κ2) is 8.87. The fourth-order valence-corrected chi connectivity index (χ4v) is 4.93. The number of rotatable bonds is 6. The molecular weight excluding hydrogens is 436 g/mol. The van der Waals surface area contributed by atoms with Crippen LogP contribution in [0.25, 0.3) is 10.2 Å². The first-order valence-electron chi connectivity index (χ1n) is 8.45. The monoisotopic (exact) mass is 452 g/mol. The average molecular weight is 453 g/mol. The Morgan fingerprint density at radius 3 is 2.66 bits per heavy atom. The molecule has 3 N–H and O–H groups in total. The Balaban J connectivity index is 1.73. The third-order valence-corrected chi connectivity index (χ3v) is 6.88. The second-order valence-electron chi connectivity index (χ2n) is 5.96. The summed E-state index contributed by atoms with van der Waals surface area (Å²) in [6.45, 7) is 0.343. The summed E-state index contributed by atoms with van der Waals surface area (Å²) >= 11 is 7.05. The van der Waals surface area contributed by atoms with E-state index in [-0.39, 0.29) is 26.4 Å². The van der Waals surface area contributed by atoms with Crippen molar-refractivity contribution in [3.63, 3.8) is 0 Å². The zero-order chi connectivity index (χ0) is 21.0. The van der Waals surface area contributed by atoms with Gasteiger partial charge in [-0.15, -0.1) is 0 Å². The Kier molecular flexibility index (Phi) is 6.48. The van der Waals surface area contributed by atoms with Crippen molar-refractivity contribution in [3.05, 3.63) is 53.1 Å². The molecule has 0 unspecified atom stereocenters. The molecule has 0 radical (unpaired) electrons. The maximum Gasteiger partial charge on any atom is 0.327 e. The summed E-state index contributed by atoms with van der Waals surface area (Å²) in [5.74, 6) is -0.669. The van der Waals surface area contributed by atoms with Gasteiger partial charge in [0.25, 0.3) is 5.91 Å². The molecule has 3 amide bonds. The molecule has 8 nitrogen and oxygen atoms in total. The number of urea groups is 1. The molecule has 0 bridgehead atoms. The second-order valence-corrected chi connectivity index (χ2v) is 9.51. The topological polar surface area (TPSA) is 117 Å². The maximum absolute atomic E-state index is 12.3. The number of hydrogen-bond acceptors (Lipinski definition) is 7. The molecule has 0 saturated carbocycles. The first-order chi connectivity index (χ1) is 13.8. The molecule has 2 aromatic carbocycles. The van der Waals surface area contributed by atoms with E-state index in [1.807, 2.05) is 0 Å². The molecule has 0 saturated heterocycles. The predicted octanol–water partition coefficient (Wildman–Crippen LogP) is 2.90. The fourth-order valence-electron chi connectivity index (χ4n) is 2.45. The number of hydrogen-bond donors (Lipinski definition) is 3. The van der Waals surface area contributed by atoms with Crippen molar-refractivity contribution in [2.24, 2.45) is 0 Å². The number of thiazole rings is 1. The Morgan fingerprint density at radius 2 is 1.93 bits per heavy atom. The van der Waals surface area contributed by atoms with Crippen LogP contribution in [0, 0.1) is 0 Å². The number of nitrogens with one attached hydrogen (secondary N) is 3. The van der Waals surface area contributed by atoms with E-state index in [4.69, 9.17) is 11.6 Å². The quantitative estimate of drug-likeness (QED) is 0.529. The van der Waals surface area contributed by atoms with Crippen molar-refractivity contribution in [2.75, 3.05) is 24.7 Å². The van der Waals surface area contributed by atoms with Crippen LogP contribution in [0.4, 0.5) is 9.93 Å². The van der Waals surface area contributed by atoms with Gasteiger partial charge in [-0.2, -0.15) is 0 Å². The van der Waals surface area contributed by atoms with Crippen molar-refractivity contribution in [1.82, 2.24) is 15.6 Å². The van der Waals surface area contributed by atoms with Crippen LogP contribution in [-0.4, -0.2) is 44.7 Å². The lowest BCUT2D eigenvalue weighted by Crippen LogP contribution is -2.34. The van der Waals surface area contributed by atoms with Crippen molar-refractivity contribution in [3.8, 4) is 0 Å². The van der Waals surface area contributed by atoms with E-state index >= 15 is 0 Å². The number of aromatic nitrogens is 1. The Hall–Kier alpha value is -2.53. The summed E-state index contributed by atoms with van der Waals surface area (Å²) in [5, 5.41) is 7.92. The van der Waals surface area contributed by atoms with Crippen molar-refractivity contribution in [1.29, 1.82) is 0 Å². The van der Waals surface area contributed by atoms with Gasteiger partial charge in [-0.1, -0.05) is 35.1 Å². The van der Waals surface area contributed by atoms with Crippen LogP contribution in [0.15, 0.2) is 47.4 Å². The van der Waals surface area contributed by atoms with E-state index in [0.717, 1.165) is 11.3 Å². The highest BCUT2D eigenvalue weighted by Gasteiger charge is 2.17. The summed E-state index contributed by atoms with van der Waals surface area (Å²) in [6.07, 6.45) is 0. The molecule has 29 heavy (non-hydrogen) atoms. The van der Waals surface area contributed by atoms with Gasteiger partial charge in [0.15, 0.2) is 15.0 Å². The Bertz CT molecular complexity index is 1180. The lowest BCUT2D eigenvalue weighted by atomic mass is 10.2. The molecule has 0 atom stereocenters. The van der Waals surface area contributed by atoms with Gasteiger partial charge in [0.2, 0.25) is 0 Å². The van der Waals surface area contributed by atoms with Gasteiger partial charge in [0.05, 0.1) is 31.5 Å². The summed E-state index contributed by atoms with van der Waals surface area (Å²) < 4.78 is 25.2. The molecule has 0 aliphatic carbocycles. The number of carbonyl (C=O) groups is 2. The van der Waals surface area contributed by atoms with Gasteiger partial charge in [-0.3, -0.25) is 15.4 Å². The van der Waals surface area contributed by atoms with Gasteiger partial charge in [-0.25, -0.2) is 18.2 Å². The van der Waals surface area contributed by atoms with Gasteiger partial charge in [-0.05, 0) is 37.4 Å². The molecule has 1 heterocycles. The van der Waals surface area contributed by atoms with Crippen LogP contribution in [0.2, 0.25) is 5.02 Å². The van der Waals surface area contributed by atoms with Crippen LogP contribution >= 0.6 is 22.9 Å². The van der Waals surface area contributed by atoms with E-state index in [1.165, 1.54) is 18.2 Å². The number of nitrogens with zero attached hydrogens (tertiary/aromatic N) is 1. The van der Waals surface area contributed by atoms with Crippen LogP contribution in [0.1, 0.15) is 10.4 Å². The van der Waals surface area contributed by atoms with E-state index in [2.05, 4.69) is 20.9 Å². The van der Waals surface area contributed by atoms with Crippen LogP contribution in [-0.2, 0) is 9.84 Å². The minimum Gasteiger partial charge on any atom is -0.319 e. The Labute approximate surface area is 176 Å². The highest BCUT2D eigenvalue weighted by molar-refractivity contribution is 7.91. The molecule has 3 rings (SSSR count). The number of sulfone groups is 1. The smallest absolute Gasteiger partial charge is 0.319 e. The number of carbonyl (C=O) groups excluding carboxylic acids is 2. The highest BCUT2D eigenvalue weighted by atomic mass is 35.5. The Morgan fingerprint density at radius 1 is 1.17 bits per heavy atom. The van der Waals surface area contributed by atoms with E-state index < -0.39 is 21.8 Å². The third kappa shape index (κ3) is 5.10. The first-order valence-corrected chi connectivity index (χ1v) is 11.3. The first kappa shape index (κ1) is 21.2. The molecule has 0 spiro atoms. The molecular formula is C18H17ClN4O4S2. The van der Waals surface area contributed by atoms with Crippen molar-refractivity contribution in [2.45, 2.75) is 4.90 Å². The summed E-state index contributed by atoms with van der Waals surface area (Å²) in [7, 11) is -1.74. The normalized spacial score (nSPS) is 11.4. The van der Waals surface area contributed by atoms with E-state index in [9.17, 15) is 18.0 Å². The van der Waals surface area contributed by atoms with E-state index in [1.54, 1.807) is 31.3 Å². The number of amides is 3. The largest absolute Gasteiger partial charge is 0.327 e. The van der Waals surface area contributed by atoms with Crippen LogP contribution in [0.3, 0.4) is 0 Å². The SMILES string of the molecule is CNCCS(=O)(=O)c1ccc2nc(NC(=O)NC(=O)c3ccccc3Cl)sc2c1. The van der Waals surface area contributed by atoms with Crippen LogP contribution in [0.5, 0.6) is 0 Å². The van der Waals surface area contributed by atoms with Crippen molar-refractivity contribution >= 4 is 60.1 Å². The van der Waals surface area contributed by atoms with Crippen LogP contribution < -0.4 is 16.0 Å². The average Bonchev–Trinajstić information content (AvgIpc) is 3.07. The number of anilines is 1. The minimum atomic E-state index is -3.42. The van der Waals surface area contributed by atoms with Gasteiger partial charge in [0.1, 0.15) is 0 Å². The fraction of sp³-hybridized carbons (Fsp3) is 0.167. The van der Waals surface area contributed by atoms with Gasteiger partial charge < -0.3 is 5.32 Å². The van der Waals surface area contributed by atoms with E-state index in [0.29, 0.717) is 16.8 Å². The van der Waals surface area contributed by atoms with Crippen molar-refractivity contribution < 1.29 is 18.0 Å². The molecule has 0 fully saturated rings. The summed E-state index contributed by atoms with van der Waals surface area (Å²) in [4.78, 5) is 28.7. The molecule has 3 aromatic rings. The molecule has 0 aliphatic rings. The third-order valence-electron chi connectivity index (χ3n) is 3.91. The zero-order valence-electron chi connectivity index (χ0n) is 15.2. The zero-order valence-corrected chi connectivity index (χ0v) is 17.6. The lowest BCUT2D eigenvalue weighted by Gasteiger charge is -2.05. The number of benzene rings is 2.